The number of hydrogen-bond donors (Lipinski definition) is 3. The molecule has 5 aliphatic heterocycles. The van der Waals surface area contributed by atoms with Crippen LogP contribution in [0.25, 0.3) is 10.2 Å². The summed E-state index contributed by atoms with van der Waals surface area (Å²) in [5.74, 6) is -1.73. The molecule has 2 aromatic rings. The van der Waals surface area contributed by atoms with E-state index in [-0.39, 0.29) is 29.5 Å². The number of piperazine rings is 3. The van der Waals surface area contributed by atoms with Crippen LogP contribution in [0, 0.1) is 11.8 Å². The fourth-order valence-electron chi connectivity index (χ4n) is 7.36. The molecule has 1 aromatic carbocycles. The molecule has 0 aliphatic carbocycles. The van der Waals surface area contributed by atoms with E-state index in [9.17, 15) is 24.6 Å². The van der Waals surface area contributed by atoms with Crippen molar-refractivity contribution in [2.24, 2.45) is 17.6 Å². The maximum Gasteiger partial charge on any atom is 0.352 e. The molecule has 12 heteroatoms. The van der Waals surface area contributed by atoms with Crippen LogP contribution in [0.2, 0.25) is 0 Å². The molecule has 218 valence electrons. The van der Waals surface area contributed by atoms with Crippen LogP contribution in [-0.2, 0) is 20.9 Å². The molecule has 0 unspecified atom stereocenters. The minimum Gasteiger partial charge on any atom is -0.477 e. The second kappa shape index (κ2) is 10.5. The first-order valence-electron chi connectivity index (χ1n) is 14.2. The van der Waals surface area contributed by atoms with Crippen LogP contribution in [-0.4, -0.2) is 111 Å². The summed E-state index contributed by atoms with van der Waals surface area (Å²) in [5.41, 5.74) is 8.46. The van der Waals surface area contributed by atoms with Crippen LogP contribution in [0.3, 0.4) is 0 Å². The number of quaternary nitrogens is 2. The highest BCUT2D eigenvalue weighted by Crippen LogP contribution is 2.47. The number of fused-ring (bicyclic) bond motifs is 5. The molecule has 0 radical (unpaired) electrons. The smallest absolute Gasteiger partial charge is 0.352 e. The van der Waals surface area contributed by atoms with Gasteiger partial charge in [-0.2, -0.15) is 0 Å². The zero-order chi connectivity index (χ0) is 29.1. The van der Waals surface area contributed by atoms with Crippen molar-refractivity contribution in [3.8, 4) is 0 Å². The monoisotopic (exact) mass is 599 g/mol. The highest BCUT2D eigenvalue weighted by Gasteiger charge is 2.59. The molecular formula is C29H37N5O5S2+2. The van der Waals surface area contributed by atoms with Crippen molar-refractivity contribution in [1.82, 2.24) is 9.88 Å². The fraction of sp³-hybridized carbons (Fsp3) is 0.517. The number of thioether (sulfide) groups is 1. The van der Waals surface area contributed by atoms with E-state index in [0.717, 1.165) is 69.3 Å². The first-order chi connectivity index (χ1) is 19.5. The van der Waals surface area contributed by atoms with Crippen molar-refractivity contribution in [2.75, 3.05) is 51.6 Å². The van der Waals surface area contributed by atoms with Gasteiger partial charge >= 0.3 is 5.97 Å². The summed E-state index contributed by atoms with van der Waals surface area (Å²) in [5, 5.41) is 19.8. The average Bonchev–Trinajstić information content (AvgIpc) is 3.43. The van der Waals surface area contributed by atoms with E-state index >= 15 is 0 Å². The number of aliphatic hydroxyl groups excluding tert-OH is 1. The number of aliphatic carboxylic acids is 1. The Labute approximate surface area is 247 Å². The molecule has 10 nitrogen and oxygen atoms in total. The van der Waals surface area contributed by atoms with Crippen LogP contribution in [0.1, 0.15) is 19.4 Å². The molecule has 4 saturated heterocycles. The Hall–Kier alpha value is -2.77. The van der Waals surface area contributed by atoms with Gasteiger partial charge in [-0.15, -0.1) is 11.3 Å². The minimum absolute atomic E-state index is 0.0319. The number of thiazole rings is 1. The molecule has 4 atom stereocenters. The van der Waals surface area contributed by atoms with Gasteiger partial charge in [0.15, 0.2) is 10.9 Å². The number of primary amides is 1. The molecule has 1 aromatic heterocycles. The SMILES string of the molecule is C[C@@H](O)[C@H]1C(=O)N2C(C(=O)O)=C(/C=C/CSc3nc4cc(C[N+]56CC[N+](CC(N)=O)(CC5)CC6)ccc4s3)[C@H](C)[C@H]12. The number of nitrogens with two attached hydrogens (primary N) is 1. The molecule has 7 rings (SSSR count). The summed E-state index contributed by atoms with van der Waals surface area (Å²) in [6.07, 6.45) is 2.94. The predicted octanol–water partition coefficient (Wildman–Crippen LogP) is 1.79. The zero-order valence-electron chi connectivity index (χ0n) is 23.4. The lowest BCUT2D eigenvalue weighted by atomic mass is 9.78. The van der Waals surface area contributed by atoms with Crippen molar-refractivity contribution in [3.63, 3.8) is 0 Å². The Morgan fingerprint density at radius 3 is 2.54 bits per heavy atom. The highest BCUT2D eigenvalue weighted by atomic mass is 32.2. The van der Waals surface area contributed by atoms with Crippen molar-refractivity contribution in [3.05, 3.63) is 47.2 Å². The summed E-state index contributed by atoms with van der Waals surface area (Å²) in [6, 6.07) is 6.27. The molecule has 5 aliphatic rings. The maximum absolute atomic E-state index is 12.5. The van der Waals surface area contributed by atoms with E-state index in [2.05, 4.69) is 18.2 Å². The molecule has 2 bridgehead atoms. The number of benzene rings is 1. The zero-order valence-corrected chi connectivity index (χ0v) is 25.0. The highest BCUT2D eigenvalue weighted by molar-refractivity contribution is 8.01. The number of nitrogens with zero attached hydrogens (tertiary/aromatic N) is 4. The van der Waals surface area contributed by atoms with Gasteiger partial charge in [-0.1, -0.05) is 36.9 Å². The lowest BCUT2D eigenvalue weighted by Crippen LogP contribution is -2.75. The number of allylic oxidation sites excluding steroid dienone is 1. The number of aromatic nitrogens is 1. The Kier molecular flexibility index (Phi) is 7.26. The standard InChI is InChI=1S/C29H35N5O5S2/c1-17-20(26(28(38)39)32-25(17)24(18(2)35)27(32)37)4-3-13-40-29-31-21-14-19(5-6-22(21)41-29)15-33-7-10-34(11-8-33,12-9-33)16-23(30)36/h3-6,14,17-18,24-25,35H,7-13,15-16H2,1-2H3,(H-2,30,36,38,39)/p+2/b4-3+/t17-,18+,24+,25+,33?,34?/m0/s1. The van der Waals surface area contributed by atoms with Gasteiger partial charge in [-0.05, 0) is 24.6 Å². The number of rotatable bonds is 10. The number of carboxylic acids is 1. The lowest BCUT2D eigenvalue weighted by Gasteiger charge is -2.55. The average molecular weight is 600 g/mol. The second-order valence-corrected chi connectivity index (χ2v) is 14.5. The summed E-state index contributed by atoms with van der Waals surface area (Å²) >= 11 is 3.26. The first-order valence-corrected chi connectivity index (χ1v) is 16.0. The van der Waals surface area contributed by atoms with Gasteiger partial charge in [-0.3, -0.25) is 9.59 Å². The number of carbonyl (C=O) groups excluding carboxylic acids is 2. The molecule has 4 fully saturated rings. The second-order valence-electron chi connectivity index (χ2n) is 12.2. The van der Waals surface area contributed by atoms with E-state index in [1.54, 1.807) is 30.0 Å². The number of carboxylic acid groups (broad SMARTS) is 1. The van der Waals surface area contributed by atoms with Crippen LogP contribution >= 0.6 is 23.1 Å². The molecule has 41 heavy (non-hydrogen) atoms. The number of aliphatic hydroxyl groups is 1. The van der Waals surface area contributed by atoms with Crippen LogP contribution < -0.4 is 5.73 Å². The van der Waals surface area contributed by atoms with Crippen LogP contribution in [0.15, 0.2) is 46.0 Å². The third-order valence-corrected chi connectivity index (χ3v) is 11.7. The summed E-state index contributed by atoms with van der Waals surface area (Å²) in [4.78, 5) is 42.3. The van der Waals surface area contributed by atoms with Crippen molar-refractivity contribution >= 4 is 51.1 Å². The quantitative estimate of drug-likeness (QED) is 0.215. The number of hydrogen-bond acceptors (Lipinski definition) is 7. The molecule has 6 heterocycles. The molecule has 4 N–H and O–H groups in total. The van der Waals surface area contributed by atoms with Gasteiger partial charge in [0.25, 0.3) is 5.91 Å². The van der Waals surface area contributed by atoms with E-state index in [0.29, 0.717) is 17.9 Å². The third-order valence-electron chi connectivity index (χ3n) is 9.62. The summed E-state index contributed by atoms with van der Waals surface area (Å²) < 4.78 is 4.01. The Balaban J connectivity index is 1.09. The lowest BCUT2D eigenvalue weighted by molar-refractivity contribution is -1.08. The van der Waals surface area contributed by atoms with Crippen molar-refractivity contribution in [1.29, 1.82) is 0 Å². The Morgan fingerprint density at radius 2 is 1.90 bits per heavy atom. The fourth-order valence-corrected chi connectivity index (χ4v) is 9.24. The topological polar surface area (TPSA) is 134 Å². The van der Waals surface area contributed by atoms with E-state index in [1.165, 1.54) is 10.5 Å². The Morgan fingerprint density at radius 1 is 1.22 bits per heavy atom. The molecular weight excluding hydrogens is 562 g/mol. The van der Waals surface area contributed by atoms with E-state index in [1.807, 2.05) is 19.1 Å². The van der Waals surface area contributed by atoms with Gasteiger partial charge in [0, 0.05) is 17.2 Å². The summed E-state index contributed by atoms with van der Waals surface area (Å²) in [7, 11) is 0. The van der Waals surface area contributed by atoms with Crippen LogP contribution in [0.5, 0.6) is 0 Å². The van der Waals surface area contributed by atoms with E-state index in [4.69, 9.17) is 10.7 Å². The number of amides is 2. The molecule has 0 saturated carbocycles. The van der Waals surface area contributed by atoms with Gasteiger partial charge in [0.05, 0.1) is 28.3 Å². The molecule has 0 spiro atoms. The molecule has 2 amide bonds. The number of carbonyl (C=O) groups is 3. The van der Waals surface area contributed by atoms with Gasteiger partial charge in [-0.25, -0.2) is 9.78 Å². The first kappa shape index (κ1) is 28.4. The van der Waals surface area contributed by atoms with Gasteiger partial charge < -0.3 is 29.8 Å². The minimum atomic E-state index is -1.12. The van der Waals surface area contributed by atoms with Crippen molar-refractivity contribution in [2.45, 2.75) is 36.9 Å². The van der Waals surface area contributed by atoms with Gasteiger partial charge in [0.1, 0.15) is 51.5 Å². The predicted molar refractivity (Wildman–Crippen MR) is 157 cm³/mol. The Bertz CT molecular complexity index is 1460. The summed E-state index contributed by atoms with van der Waals surface area (Å²) in [6.45, 7) is 11.2. The number of β-lactam (4-membered cyclic amide) rings is 1. The van der Waals surface area contributed by atoms with Crippen molar-refractivity contribution < 1.29 is 33.6 Å². The van der Waals surface area contributed by atoms with Gasteiger partial charge in [0.2, 0.25) is 5.91 Å². The van der Waals surface area contributed by atoms with Crippen LogP contribution in [0.4, 0.5) is 0 Å². The maximum atomic E-state index is 12.5. The van der Waals surface area contributed by atoms with E-state index < -0.39 is 18.0 Å². The largest absolute Gasteiger partial charge is 0.477 e. The normalized spacial score (nSPS) is 31.6. The third kappa shape index (κ3) is 4.99.